The summed E-state index contributed by atoms with van der Waals surface area (Å²) in [6, 6.07) is 0.840. The predicted molar refractivity (Wildman–Crippen MR) is 53.8 cm³/mol. The zero-order chi connectivity index (χ0) is 9.26. The summed E-state index contributed by atoms with van der Waals surface area (Å²) in [4.78, 5) is 2.67. The van der Waals surface area contributed by atoms with Gasteiger partial charge in [0.15, 0.2) is 0 Å². The molecule has 0 spiro atoms. The van der Waals surface area contributed by atoms with Gasteiger partial charge in [0.05, 0.1) is 6.10 Å². The van der Waals surface area contributed by atoms with Gasteiger partial charge in [-0.2, -0.15) is 0 Å². The minimum absolute atomic E-state index is 0.558. The Morgan fingerprint density at radius 1 is 1.31 bits per heavy atom. The molecule has 2 aliphatic rings. The van der Waals surface area contributed by atoms with E-state index < -0.39 is 0 Å². The Morgan fingerprint density at radius 2 is 2.08 bits per heavy atom. The van der Waals surface area contributed by atoms with E-state index in [9.17, 15) is 0 Å². The van der Waals surface area contributed by atoms with E-state index in [-0.39, 0.29) is 0 Å². The zero-order valence-corrected chi connectivity index (χ0v) is 8.83. The molecule has 1 heterocycles. The molecule has 1 atom stereocenters. The summed E-state index contributed by atoms with van der Waals surface area (Å²) in [6.07, 6.45) is 5.92. The Labute approximate surface area is 81.3 Å². The molecule has 0 unspecified atom stereocenters. The molecule has 0 aromatic carbocycles. The third-order valence-electron chi connectivity index (χ3n) is 3.61. The molecule has 1 saturated heterocycles. The van der Waals surface area contributed by atoms with Crippen molar-refractivity contribution in [3.05, 3.63) is 0 Å². The molecule has 2 rings (SSSR count). The van der Waals surface area contributed by atoms with Crippen molar-refractivity contribution >= 4 is 0 Å². The maximum atomic E-state index is 5.31. The average molecular weight is 183 g/mol. The fraction of sp³-hybridized carbons (Fsp3) is 1.00. The van der Waals surface area contributed by atoms with Crippen LogP contribution in [-0.4, -0.2) is 37.2 Å². The third-order valence-corrected chi connectivity index (χ3v) is 3.61. The monoisotopic (exact) mass is 183 g/mol. The molecule has 0 bridgehead atoms. The number of hydrogen-bond donors (Lipinski definition) is 0. The fourth-order valence-corrected chi connectivity index (χ4v) is 2.59. The highest BCUT2D eigenvalue weighted by molar-refractivity contribution is 4.89. The summed E-state index contributed by atoms with van der Waals surface area (Å²) in [6.45, 7) is 5.02. The van der Waals surface area contributed by atoms with E-state index in [2.05, 4.69) is 11.8 Å². The molecule has 0 radical (unpaired) electrons. The van der Waals surface area contributed by atoms with Gasteiger partial charge in [0, 0.05) is 19.7 Å². The van der Waals surface area contributed by atoms with Crippen LogP contribution in [0.3, 0.4) is 0 Å². The van der Waals surface area contributed by atoms with Crippen molar-refractivity contribution in [2.45, 2.75) is 44.8 Å². The number of methoxy groups -OCH3 is 1. The van der Waals surface area contributed by atoms with Crippen LogP contribution in [0.15, 0.2) is 0 Å². The van der Waals surface area contributed by atoms with Crippen LogP contribution in [0.25, 0.3) is 0 Å². The van der Waals surface area contributed by atoms with Crippen LogP contribution >= 0.6 is 0 Å². The number of rotatable bonds is 2. The molecule has 13 heavy (non-hydrogen) atoms. The molecule has 1 aliphatic carbocycles. The first-order valence-corrected chi connectivity index (χ1v) is 5.56. The molecule has 0 aromatic heterocycles. The van der Waals surface area contributed by atoms with Crippen LogP contribution in [0, 0.1) is 5.92 Å². The molecule has 1 saturated carbocycles. The lowest BCUT2D eigenvalue weighted by atomic mass is 9.85. The number of likely N-dealkylation sites (tertiary alicyclic amines) is 1. The smallest absolute Gasteiger partial charge is 0.0601 e. The summed E-state index contributed by atoms with van der Waals surface area (Å²) < 4.78 is 5.31. The summed E-state index contributed by atoms with van der Waals surface area (Å²) in [5.41, 5.74) is 0. The second-order valence-corrected chi connectivity index (χ2v) is 4.73. The van der Waals surface area contributed by atoms with E-state index >= 15 is 0 Å². The zero-order valence-electron chi connectivity index (χ0n) is 8.83. The van der Waals surface area contributed by atoms with Gasteiger partial charge in [-0.05, 0) is 38.1 Å². The van der Waals surface area contributed by atoms with E-state index in [1.807, 2.05) is 7.11 Å². The largest absolute Gasteiger partial charge is 0.381 e. The summed E-state index contributed by atoms with van der Waals surface area (Å²) >= 11 is 0. The third kappa shape index (κ3) is 2.05. The lowest BCUT2D eigenvalue weighted by Gasteiger charge is -2.45. The van der Waals surface area contributed by atoms with Crippen LogP contribution in [0.4, 0.5) is 0 Å². The van der Waals surface area contributed by atoms with Crippen LogP contribution in [0.1, 0.15) is 32.6 Å². The fourth-order valence-electron chi connectivity index (χ4n) is 2.59. The first-order valence-electron chi connectivity index (χ1n) is 5.56. The summed E-state index contributed by atoms with van der Waals surface area (Å²) in [7, 11) is 1.83. The van der Waals surface area contributed by atoms with Gasteiger partial charge in [-0.1, -0.05) is 6.92 Å². The van der Waals surface area contributed by atoms with E-state index in [1.165, 1.54) is 38.8 Å². The molecule has 76 valence electrons. The minimum Gasteiger partial charge on any atom is -0.381 e. The molecule has 1 aliphatic heterocycles. The van der Waals surface area contributed by atoms with Crippen molar-refractivity contribution in [3.63, 3.8) is 0 Å². The van der Waals surface area contributed by atoms with E-state index in [0.29, 0.717) is 6.10 Å². The predicted octanol–water partition coefficient (Wildman–Crippen LogP) is 1.90. The second-order valence-electron chi connectivity index (χ2n) is 4.73. The highest BCUT2D eigenvalue weighted by Gasteiger charge is 2.34. The normalized spacial score (nSPS) is 41.5. The van der Waals surface area contributed by atoms with Gasteiger partial charge < -0.3 is 4.74 Å². The first-order chi connectivity index (χ1) is 6.29. The molecular weight excluding hydrogens is 162 g/mol. The number of hydrogen-bond acceptors (Lipinski definition) is 2. The van der Waals surface area contributed by atoms with Crippen molar-refractivity contribution in [1.29, 1.82) is 0 Å². The van der Waals surface area contributed by atoms with Gasteiger partial charge >= 0.3 is 0 Å². The van der Waals surface area contributed by atoms with E-state index in [0.717, 1.165) is 12.0 Å². The Bertz CT molecular complexity index is 165. The average Bonchev–Trinajstić information content (AvgIpc) is 2.02. The van der Waals surface area contributed by atoms with Crippen LogP contribution in [0.2, 0.25) is 0 Å². The topological polar surface area (TPSA) is 12.5 Å². The molecule has 2 nitrogen and oxygen atoms in total. The summed E-state index contributed by atoms with van der Waals surface area (Å²) in [5, 5.41) is 0. The van der Waals surface area contributed by atoms with Crippen molar-refractivity contribution in [1.82, 2.24) is 4.90 Å². The first kappa shape index (κ1) is 9.47. The van der Waals surface area contributed by atoms with E-state index in [1.54, 1.807) is 0 Å². The standard InChI is InChI=1S/C11H21NO/c1-9-4-3-5-12(8-9)10-6-11(7-10)13-2/h9-11H,3-8H2,1-2H3/t9-,10?,11?/m1/s1. The maximum Gasteiger partial charge on any atom is 0.0601 e. The SMILES string of the molecule is COC1CC(N2CCC[C@@H](C)C2)C1. The highest BCUT2D eigenvalue weighted by Crippen LogP contribution is 2.30. The van der Waals surface area contributed by atoms with Crippen LogP contribution < -0.4 is 0 Å². The van der Waals surface area contributed by atoms with Crippen LogP contribution in [-0.2, 0) is 4.74 Å². The van der Waals surface area contributed by atoms with Gasteiger partial charge in [0.1, 0.15) is 0 Å². The van der Waals surface area contributed by atoms with E-state index in [4.69, 9.17) is 4.74 Å². The molecule has 0 N–H and O–H groups in total. The Kier molecular flexibility index (Phi) is 2.89. The van der Waals surface area contributed by atoms with Gasteiger partial charge in [0.25, 0.3) is 0 Å². The Hall–Kier alpha value is -0.0800. The molecule has 0 amide bonds. The quantitative estimate of drug-likeness (QED) is 0.648. The van der Waals surface area contributed by atoms with Crippen molar-refractivity contribution in [3.8, 4) is 0 Å². The lowest BCUT2D eigenvalue weighted by molar-refractivity contribution is -0.0376. The molecule has 0 aromatic rings. The van der Waals surface area contributed by atoms with Gasteiger partial charge in [-0.3, -0.25) is 4.90 Å². The highest BCUT2D eigenvalue weighted by atomic mass is 16.5. The Balaban J connectivity index is 1.75. The van der Waals surface area contributed by atoms with Gasteiger partial charge in [-0.25, -0.2) is 0 Å². The van der Waals surface area contributed by atoms with Gasteiger partial charge in [-0.15, -0.1) is 0 Å². The lowest BCUT2D eigenvalue weighted by Crippen LogP contribution is -2.51. The van der Waals surface area contributed by atoms with Crippen molar-refractivity contribution in [2.75, 3.05) is 20.2 Å². The van der Waals surface area contributed by atoms with Gasteiger partial charge in [0.2, 0.25) is 0 Å². The second kappa shape index (κ2) is 3.97. The number of ether oxygens (including phenoxy) is 1. The van der Waals surface area contributed by atoms with Crippen molar-refractivity contribution in [2.24, 2.45) is 5.92 Å². The van der Waals surface area contributed by atoms with Crippen LogP contribution in [0.5, 0.6) is 0 Å². The molecule has 2 fully saturated rings. The number of piperidine rings is 1. The summed E-state index contributed by atoms with van der Waals surface area (Å²) in [5.74, 6) is 0.912. The maximum absolute atomic E-state index is 5.31. The molecular formula is C11H21NO. The molecule has 2 heteroatoms. The Morgan fingerprint density at radius 3 is 2.69 bits per heavy atom. The minimum atomic E-state index is 0.558. The number of nitrogens with zero attached hydrogens (tertiary/aromatic N) is 1. The van der Waals surface area contributed by atoms with Crippen molar-refractivity contribution < 1.29 is 4.74 Å².